The Morgan fingerprint density at radius 1 is 1.25 bits per heavy atom. The minimum absolute atomic E-state index is 0.672. The maximum absolute atomic E-state index is 11.0. The molecule has 7 heteroatoms. The van der Waals surface area contributed by atoms with E-state index in [1.54, 1.807) is 18.3 Å². The highest BCUT2D eigenvalue weighted by atomic mass is 32.9. The topological polar surface area (TPSA) is 72.3 Å². The molecule has 1 aliphatic rings. The Balaban J connectivity index is 2.49. The van der Waals surface area contributed by atoms with Crippen LogP contribution in [0.1, 0.15) is 0 Å². The summed E-state index contributed by atoms with van der Waals surface area (Å²) in [4.78, 5) is 12.9. The second kappa shape index (κ2) is 3.46. The largest absolute Gasteiger partial charge is 0.250 e. The van der Waals surface area contributed by atoms with E-state index in [2.05, 4.69) is 15.0 Å². The van der Waals surface area contributed by atoms with Gasteiger partial charge in [0.05, 0.1) is 16.8 Å². The van der Waals surface area contributed by atoms with E-state index in [0.29, 0.717) is 5.69 Å². The lowest BCUT2D eigenvalue weighted by Gasteiger charge is -2.00. The zero-order chi connectivity index (χ0) is 11.1. The van der Waals surface area contributed by atoms with Crippen LogP contribution in [0.15, 0.2) is 34.5 Å². The van der Waals surface area contributed by atoms with Crippen LogP contribution in [0.4, 0.5) is 5.69 Å². The molecule has 1 unspecified atom stereocenters. The Bertz CT molecular complexity index is 757. The van der Waals surface area contributed by atoms with Crippen molar-refractivity contribution in [3.8, 4) is 0 Å². The number of aromatic nitrogens is 2. The monoisotopic (exact) mass is 251 g/mol. The van der Waals surface area contributed by atoms with Crippen molar-refractivity contribution in [1.29, 1.82) is 0 Å². The van der Waals surface area contributed by atoms with Gasteiger partial charge in [0.25, 0.3) is 9.26 Å². The van der Waals surface area contributed by atoms with Gasteiger partial charge < -0.3 is 0 Å². The average molecular weight is 251 g/mol. The molecule has 0 fully saturated rings. The maximum Gasteiger partial charge on any atom is 0.250 e. The molecule has 1 atom stereocenters. The van der Waals surface area contributed by atoms with Gasteiger partial charge in [0.1, 0.15) is 6.33 Å². The van der Waals surface area contributed by atoms with Gasteiger partial charge in [-0.05, 0) is 12.1 Å². The van der Waals surface area contributed by atoms with Crippen LogP contribution in [0.5, 0.6) is 0 Å². The van der Waals surface area contributed by atoms with Gasteiger partial charge in [-0.25, -0.2) is 15.0 Å². The molecule has 3 rings (SSSR count). The smallest absolute Gasteiger partial charge is 0.247 e. The molecule has 1 aromatic heterocycles. The second-order valence-electron chi connectivity index (χ2n) is 3.10. The van der Waals surface area contributed by atoms with Crippen LogP contribution in [0.3, 0.4) is 0 Å². The molecule has 0 radical (unpaired) electrons. The first kappa shape index (κ1) is 9.61. The third-order valence-electron chi connectivity index (χ3n) is 2.27. The van der Waals surface area contributed by atoms with Gasteiger partial charge >= 0.3 is 0 Å². The molecule has 0 saturated heterocycles. The minimum Gasteiger partial charge on any atom is -0.247 e. The Kier molecular flexibility index (Phi) is 2.08. The normalized spacial score (nSPS) is 17.6. The molecule has 80 valence electrons. The van der Waals surface area contributed by atoms with Crippen molar-refractivity contribution < 1.29 is 8.42 Å². The second-order valence-corrected chi connectivity index (χ2v) is 6.65. The summed E-state index contributed by atoms with van der Waals surface area (Å²) in [5.41, 5.74) is 2.90. The Morgan fingerprint density at radius 3 is 2.94 bits per heavy atom. The third kappa shape index (κ3) is 1.29. The van der Waals surface area contributed by atoms with Crippen molar-refractivity contribution in [3.63, 3.8) is 0 Å². The molecule has 0 bridgehead atoms. The van der Waals surface area contributed by atoms with Crippen LogP contribution in [0, 0.1) is 0 Å². The summed E-state index contributed by atoms with van der Waals surface area (Å²) < 4.78 is 22.0. The fourth-order valence-corrected chi connectivity index (χ4v) is 3.85. The summed E-state index contributed by atoms with van der Waals surface area (Å²) >= 11 is 0. The van der Waals surface area contributed by atoms with E-state index in [4.69, 9.17) is 0 Å². The third-order valence-corrected chi connectivity index (χ3v) is 5.29. The number of hydrogen-bond acceptors (Lipinski definition) is 5. The molecular weight excluding hydrogens is 246 g/mol. The molecule has 0 aliphatic carbocycles. The maximum atomic E-state index is 11.0. The van der Waals surface area contributed by atoms with Crippen molar-refractivity contribution >= 4 is 40.9 Å². The van der Waals surface area contributed by atoms with E-state index in [-0.39, 0.29) is 0 Å². The Hall–Kier alpha value is -1.60. The number of aliphatic imine (C=N–C) groups is 1. The lowest BCUT2D eigenvalue weighted by Crippen LogP contribution is -1.88. The number of nitrogens with zero attached hydrogens (tertiary/aromatic N) is 3. The Morgan fingerprint density at radius 2 is 2.12 bits per heavy atom. The molecule has 1 aromatic carbocycles. The highest BCUT2D eigenvalue weighted by Gasteiger charge is 2.16. The molecule has 0 N–H and O–H groups in total. The summed E-state index contributed by atoms with van der Waals surface area (Å²) in [5.74, 6) is 0. The van der Waals surface area contributed by atoms with Gasteiger partial charge in [-0.2, -0.15) is 8.42 Å². The first-order chi connectivity index (χ1) is 7.77. The SMILES string of the molecule is O=S(=O)=S1C=Nc2c1ccc1ncncc21. The van der Waals surface area contributed by atoms with E-state index in [0.717, 1.165) is 15.8 Å². The highest BCUT2D eigenvalue weighted by Crippen LogP contribution is 2.34. The standard InChI is InChI=1S/C9H5N3O2S2/c13-16(14)15-5-12-9-6-3-10-4-11-7(6)1-2-8(9)15/h1-5H. The van der Waals surface area contributed by atoms with Crippen LogP contribution < -0.4 is 0 Å². The predicted octanol–water partition coefficient (Wildman–Crippen LogP) is 1.07. The number of benzene rings is 1. The zero-order valence-electron chi connectivity index (χ0n) is 7.86. The van der Waals surface area contributed by atoms with Crippen molar-refractivity contribution in [3.05, 3.63) is 24.7 Å². The molecule has 0 saturated carbocycles. The summed E-state index contributed by atoms with van der Waals surface area (Å²) in [6, 6.07) is 3.55. The van der Waals surface area contributed by atoms with Crippen LogP contribution in [-0.4, -0.2) is 23.9 Å². The van der Waals surface area contributed by atoms with E-state index in [1.807, 2.05) is 0 Å². The van der Waals surface area contributed by atoms with Gasteiger partial charge in [-0.15, -0.1) is 0 Å². The molecule has 2 aromatic rings. The fraction of sp³-hybridized carbons (Fsp3) is 0. The quantitative estimate of drug-likeness (QED) is 0.702. The number of fused-ring (bicyclic) bond motifs is 3. The lowest BCUT2D eigenvalue weighted by atomic mass is 10.2. The lowest BCUT2D eigenvalue weighted by molar-refractivity contribution is 0.628. The molecule has 1 aliphatic heterocycles. The highest BCUT2D eigenvalue weighted by molar-refractivity contribution is 8.41. The molecular formula is C9H5N3O2S2. The minimum atomic E-state index is -2.16. The van der Waals surface area contributed by atoms with Crippen LogP contribution in [-0.2, 0) is 18.7 Å². The average Bonchev–Trinajstić information content (AvgIpc) is 2.73. The van der Waals surface area contributed by atoms with Crippen molar-refractivity contribution in [2.75, 3.05) is 0 Å². The summed E-state index contributed by atoms with van der Waals surface area (Å²) in [6.45, 7) is 0. The number of hydrogen-bond donors (Lipinski definition) is 0. The zero-order valence-corrected chi connectivity index (χ0v) is 9.49. The van der Waals surface area contributed by atoms with Gasteiger partial charge in [0.15, 0.2) is 0 Å². The summed E-state index contributed by atoms with van der Waals surface area (Å²) in [5, 5.41) is 0.789. The predicted molar refractivity (Wildman–Crippen MR) is 62.2 cm³/mol. The summed E-state index contributed by atoms with van der Waals surface area (Å²) in [7, 11) is -3.10. The van der Waals surface area contributed by atoms with E-state index >= 15 is 0 Å². The summed E-state index contributed by atoms with van der Waals surface area (Å²) in [6.07, 6.45) is 3.11. The van der Waals surface area contributed by atoms with Crippen LogP contribution >= 0.6 is 0 Å². The first-order valence-corrected chi connectivity index (χ1v) is 7.25. The molecule has 2 heterocycles. The first-order valence-electron chi connectivity index (χ1n) is 4.37. The van der Waals surface area contributed by atoms with Crippen molar-refractivity contribution in [2.24, 2.45) is 4.99 Å². The number of rotatable bonds is 0. The fourth-order valence-electron chi connectivity index (χ4n) is 1.58. The van der Waals surface area contributed by atoms with Gasteiger partial charge in [0.2, 0.25) is 0 Å². The van der Waals surface area contributed by atoms with E-state index < -0.39 is 18.7 Å². The van der Waals surface area contributed by atoms with Gasteiger partial charge in [0, 0.05) is 25.9 Å². The van der Waals surface area contributed by atoms with Crippen molar-refractivity contribution in [2.45, 2.75) is 4.90 Å². The molecule has 0 amide bonds. The molecule has 5 nitrogen and oxygen atoms in total. The Labute approximate surface area is 94.0 Å². The van der Waals surface area contributed by atoms with E-state index in [1.165, 1.54) is 11.9 Å². The van der Waals surface area contributed by atoms with Crippen LogP contribution in [0.25, 0.3) is 10.9 Å². The van der Waals surface area contributed by atoms with Crippen molar-refractivity contribution in [1.82, 2.24) is 9.97 Å². The molecule has 0 spiro atoms. The van der Waals surface area contributed by atoms with Gasteiger partial charge in [-0.3, -0.25) is 0 Å². The molecule has 16 heavy (non-hydrogen) atoms. The van der Waals surface area contributed by atoms with E-state index in [9.17, 15) is 8.42 Å². The van der Waals surface area contributed by atoms with Gasteiger partial charge in [-0.1, -0.05) is 0 Å². The van der Waals surface area contributed by atoms with Crippen LogP contribution in [0.2, 0.25) is 0 Å².